The van der Waals surface area contributed by atoms with Gasteiger partial charge in [-0.25, -0.2) is 0 Å². The van der Waals surface area contributed by atoms with E-state index in [2.05, 4.69) is 21.2 Å². The van der Waals surface area contributed by atoms with Gasteiger partial charge in [0.15, 0.2) is 0 Å². The predicted molar refractivity (Wildman–Crippen MR) is 109 cm³/mol. The molecule has 0 bridgehead atoms. The Morgan fingerprint density at radius 3 is 2.56 bits per heavy atom. The summed E-state index contributed by atoms with van der Waals surface area (Å²) >= 11 is 3.45. The van der Waals surface area contributed by atoms with Crippen molar-refractivity contribution in [2.45, 2.75) is 38.0 Å². The van der Waals surface area contributed by atoms with Gasteiger partial charge >= 0.3 is 5.97 Å². The maximum Gasteiger partial charge on any atom is 0.316 e. The number of carbonyl (C=O) groups excluding carboxylic acids is 2. The van der Waals surface area contributed by atoms with Crippen molar-refractivity contribution in [3.05, 3.63) is 69.7 Å². The van der Waals surface area contributed by atoms with Crippen molar-refractivity contribution in [3.63, 3.8) is 0 Å². The Balaban J connectivity index is 1.38. The van der Waals surface area contributed by atoms with E-state index in [9.17, 15) is 9.59 Å². The molecule has 0 radical (unpaired) electrons. The summed E-state index contributed by atoms with van der Waals surface area (Å²) in [4.78, 5) is 24.4. The lowest BCUT2D eigenvalue weighted by Crippen LogP contribution is -2.30. The van der Waals surface area contributed by atoms with E-state index < -0.39 is 5.41 Å². The quantitative estimate of drug-likeness (QED) is 0.507. The largest absolute Gasteiger partial charge is 0.463 e. The van der Waals surface area contributed by atoms with Crippen LogP contribution in [0, 0.1) is 6.92 Å². The van der Waals surface area contributed by atoms with Crippen molar-refractivity contribution in [2.24, 2.45) is 0 Å². The van der Waals surface area contributed by atoms with Gasteiger partial charge in [-0.3, -0.25) is 9.59 Å². The highest BCUT2D eigenvalue weighted by Crippen LogP contribution is 2.49. The van der Waals surface area contributed by atoms with E-state index in [1.165, 1.54) is 5.56 Å². The Bertz CT molecular complexity index is 813. The van der Waals surface area contributed by atoms with E-state index in [4.69, 9.17) is 4.74 Å². The fourth-order valence-electron chi connectivity index (χ4n) is 3.10. The molecule has 1 aliphatic rings. The SMILES string of the molecule is Cc1ccc(CCC(=O)NCCOC(=O)C2(c3cccc(Br)c3)CC2)cc1. The second kappa shape index (κ2) is 8.70. The number of nitrogens with one attached hydrogen (secondary N) is 1. The summed E-state index contributed by atoms with van der Waals surface area (Å²) in [7, 11) is 0. The molecule has 3 rings (SSSR count). The first-order chi connectivity index (χ1) is 13.0. The van der Waals surface area contributed by atoms with Crippen LogP contribution in [0.25, 0.3) is 0 Å². The summed E-state index contributed by atoms with van der Waals surface area (Å²) in [6.07, 6.45) is 2.76. The molecule has 0 heterocycles. The molecule has 1 saturated carbocycles. The van der Waals surface area contributed by atoms with Gasteiger partial charge in [0.1, 0.15) is 6.61 Å². The standard InChI is InChI=1S/C22H24BrNO3/c1-16-5-7-17(8-6-16)9-10-20(25)24-13-14-27-21(26)22(11-12-22)18-3-2-4-19(23)15-18/h2-8,15H,9-14H2,1H3,(H,24,25). The minimum Gasteiger partial charge on any atom is -0.463 e. The van der Waals surface area contributed by atoms with Crippen molar-refractivity contribution in [2.75, 3.05) is 13.2 Å². The zero-order valence-corrected chi connectivity index (χ0v) is 17.1. The average Bonchev–Trinajstić information content (AvgIpc) is 3.47. The number of hydrogen-bond acceptors (Lipinski definition) is 3. The van der Waals surface area contributed by atoms with Gasteiger partial charge < -0.3 is 10.1 Å². The van der Waals surface area contributed by atoms with E-state index in [1.54, 1.807) is 0 Å². The third kappa shape index (κ3) is 5.19. The maximum atomic E-state index is 12.5. The molecule has 0 saturated heterocycles. The Morgan fingerprint density at radius 1 is 1.15 bits per heavy atom. The lowest BCUT2D eigenvalue weighted by molar-refractivity contribution is -0.147. The number of ether oxygens (including phenoxy) is 1. The van der Waals surface area contributed by atoms with Crippen LogP contribution < -0.4 is 5.32 Å². The summed E-state index contributed by atoms with van der Waals surface area (Å²) in [6, 6.07) is 16.0. The van der Waals surface area contributed by atoms with Crippen molar-refractivity contribution >= 4 is 27.8 Å². The zero-order chi connectivity index (χ0) is 19.3. The summed E-state index contributed by atoms with van der Waals surface area (Å²) < 4.78 is 6.38. The van der Waals surface area contributed by atoms with Crippen LogP contribution in [0.3, 0.4) is 0 Å². The Hall–Kier alpha value is -2.14. The molecule has 2 aromatic carbocycles. The van der Waals surface area contributed by atoms with Crippen LogP contribution in [0.15, 0.2) is 53.0 Å². The fraction of sp³-hybridized carbons (Fsp3) is 0.364. The van der Waals surface area contributed by atoms with Gasteiger partial charge in [-0.1, -0.05) is 57.9 Å². The second-order valence-corrected chi connectivity index (χ2v) is 7.98. The maximum absolute atomic E-state index is 12.5. The number of esters is 1. The van der Waals surface area contributed by atoms with E-state index in [-0.39, 0.29) is 18.5 Å². The number of carbonyl (C=O) groups is 2. The number of halogens is 1. The first kappa shape index (κ1) is 19.6. The van der Waals surface area contributed by atoms with Crippen LogP contribution in [0.4, 0.5) is 0 Å². The fourth-order valence-corrected chi connectivity index (χ4v) is 3.49. The van der Waals surface area contributed by atoms with E-state index in [1.807, 2.05) is 55.5 Å². The van der Waals surface area contributed by atoms with Gasteiger partial charge in [-0.15, -0.1) is 0 Å². The molecule has 2 aromatic rings. The third-order valence-electron chi connectivity index (χ3n) is 4.94. The smallest absolute Gasteiger partial charge is 0.316 e. The summed E-state index contributed by atoms with van der Waals surface area (Å²) in [5.74, 6) is -0.228. The Labute approximate surface area is 168 Å². The molecule has 0 atom stereocenters. The molecule has 1 fully saturated rings. The van der Waals surface area contributed by atoms with Crippen LogP contribution in [-0.2, 0) is 26.2 Å². The van der Waals surface area contributed by atoms with Gasteiger partial charge in [0.2, 0.25) is 5.91 Å². The number of rotatable bonds is 8. The topological polar surface area (TPSA) is 55.4 Å². The Morgan fingerprint density at radius 2 is 1.89 bits per heavy atom. The van der Waals surface area contributed by atoms with Crippen molar-refractivity contribution in [3.8, 4) is 0 Å². The Kier molecular flexibility index (Phi) is 6.32. The lowest BCUT2D eigenvalue weighted by atomic mass is 9.96. The molecule has 1 N–H and O–H groups in total. The first-order valence-electron chi connectivity index (χ1n) is 9.25. The van der Waals surface area contributed by atoms with Gasteiger partial charge in [-0.2, -0.15) is 0 Å². The molecule has 142 valence electrons. The van der Waals surface area contributed by atoms with E-state index in [0.717, 1.165) is 28.4 Å². The van der Waals surface area contributed by atoms with Crippen LogP contribution in [0.5, 0.6) is 0 Å². The van der Waals surface area contributed by atoms with Crippen molar-refractivity contribution < 1.29 is 14.3 Å². The summed E-state index contributed by atoms with van der Waals surface area (Å²) in [5, 5.41) is 2.82. The highest BCUT2D eigenvalue weighted by Gasteiger charge is 2.52. The van der Waals surface area contributed by atoms with Crippen molar-refractivity contribution in [1.29, 1.82) is 0 Å². The first-order valence-corrected chi connectivity index (χ1v) is 10.0. The normalized spacial score (nSPS) is 14.4. The molecule has 5 heteroatoms. The average molecular weight is 430 g/mol. The molecule has 0 spiro atoms. The molecule has 1 amide bonds. The van der Waals surface area contributed by atoms with Crippen LogP contribution in [0.1, 0.15) is 36.0 Å². The summed E-state index contributed by atoms with van der Waals surface area (Å²) in [6.45, 7) is 2.58. The number of benzene rings is 2. The number of hydrogen-bond donors (Lipinski definition) is 1. The predicted octanol–water partition coefficient (Wildman–Crippen LogP) is 4.08. The molecule has 0 unspecified atom stereocenters. The summed E-state index contributed by atoms with van der Waals surface area (Å²) in [5.41, 5.74) is 2.84. The molecule has 1 aliphatic carbocycles. The monoisotopic (exact) mass is 429 g/mol. The second-order valence-electron chi connectivity index (χ2n) is 7.06. The lowest BCUT2D eigenvalue weighted by Gasteiger charge is -2.15. The molecular weight excluding hydrogens is 406 g/mol. The number of amides is 1. The van der Waals surface area contributed by atoms with Gasteiger partial charge in [0.25, 0.3) is 0 Å². The molecule has 0 aromatic heterocycles. The van der Waals surface area contributed by atoms with E-state index >= 15 is 0 Å². The van der Waals surface area contributed by atoms with Crippen LogP contribution in [-0.4, -0.2) is 25.0 Å². The zero-order valence-electron chi connectivity index (χ0n) is 15.5. The van der Waals surface area contributed by atoms with Gasteiger partial charge in [-0.05, 0) is 49.4 Å². The van der Waals surface area contributed by atoms with Crippen molar-refractivity contribution in [1.82, 2.24) is 5.32 Å². The van der Waals surface area contributed by atoms with Gasteiger partial charge in [0.05, 0.1) is 12.0 Å². The van der Waals surface area contributed by atoms with Crippen LogP contribution in [0.2, 0.25) is 0 Å². The number of aryl methyl sites for hydroxylation is 2. The molecule has 27 heavy (non-hydrogen) atoms. The minimum atomic E-state index is -0.501. The highest BCUT2D eigenvalue weighted by molar-refractivity contribution is 9.10. The minimum absolute atomic E-state index is 0.0280. The molecular formula is C22H24BrNO3. The highest BCUT2D eigenvalue weighted by atomic mass is 79.9. The molecule has 4 nitrogen and oxygen atoms in total. The third-order valence-corrected chi connectivity index (χ3v) is 5.43. The van der Waals surface area contributed by atoms with Crippen LogP contribution >= 0.6 is 15.9 Å². The van der Waals surface area contributed by atoms with Gasteiger partial charge in [0, 0.05) is 10.9 Å². The van der Waals surface area contributed by atoms with E-state index in [0.29, 0.717) is 19.4 Å². The molecule has 0 aliphatic heterocycles.